The summed E-state index contributed by atoms with van der Waals surface area (Å²) < 4.78 is 0. The fraction of sp³-hybridized carbons (Fsp3) is 0. The molecule has 1 heterocycles. The molecule has 3 nitrogen and oxygen atoms in total. The van der Waals surface area contributed by atoms with Gasteiger partial charge in [-0.2, -0.15) is 0 Å². The second kappa shape index (κ2) is 16.5. The topological polar surface area (TPSA) is 38.7 Å². The first-order chi connectivity index (χ1) is 29.7. The average molecular weight is 766 g/mol. The van der Waals surface area contributed by atoms with E-state index >= 15 is 0 Å². The van der Waals surface area contributed by atoms with Gasteiger partial charge in [-0.3, -0.25) is 0 Å². The highest BCUT2D eigenvalue weighted by molar-refractivity contribution is 5.86. The molecule has 282 valence electrons. The molecule has 0 unspecified atom stereocenters. The minimum absolute atomic E-state index is 0.621. The van der Waals surface area contributed by atoms with Crippen LogP contribution in [0.15, 0.2) is 237 Å². The Labute approximate surface area is 351 Å². The fourth-order valence-corrected chi connectivity index (χ4v) is 7.80. The maximum atomic E-state index is 5.11. The maximum Gasteiger partial charge on any atom is 0.164 e. The van der Waals surface area contributed by atoms with E-state index in [9.17, 15) is 0 Å². The van der Waals surface area contributed by atoms with Gasteiger partial charge in [0.2, 0.25) is 0 Å². The van der Waals surface area contributed by atoms with Gasteiger partial charge in [-0.1, -0.05) is 188 Å². The van der Waals surface area contributed by atoms with E-state index in [0.717, 1.165) is 50.1 Å². The lowest BCUT2D eigenvalue weighted by Crippen LogP contribution is -2.00. The third-order valence-electron chi connectivity index (χ3n) is 10.9. The van der Waals surface area contributed by atoms with Crippen LogP contribution >= 0.6 is 0 Å². The Morgan fingerprint density at radius 2 is 0.350 bits per heavy atom. The van der Waals surface area contributed by atoms with Gasteiger partial charge in [-0.15, -0.1) is 0 Å². The van der Waals surface area contributed by atoms with Gasteiger partial charge in [0.25, 0.3) is 0 Å². The highest BCUT2D eigenvalue weighted by Crippen LogP contribution is 2.38. The van der Waals surface area contributed by atoms with Crippen LogP contribution in [0, 0.1) is 0 Å². The molecule has 0 bridgehead atoms. The zero-order chi connectivity index (χ0) is 40.1. The van der Waals surface area contributed by atoms with E-state index < -0.39 is 0 Å². The molecule has 0 saturated heterocycles. The minimum atomic E-state index is 0.621. The first-order valence-corrected chi connectivity index (χ1v) is 20.3. The van der Waals surface area contributed by atoms with Crippen molar-refractivity contribution in [2.24, 2.45) is 0 Å². The molecule has 0 aliphatic heterocycles. The van der Waals surface area contributed by atoms with Gasteiger partial charge >= 0.3 is 0 Å². The molecular formula is C57H39N3. The number of hydrogen-bond acceptors (Lipinski definition) is 3. The molecule has 60 heavy (non-hydrogen) atoms. The van der Waals surface area contributed by atoms with Crippen molar-refractivity contribution in [3.8, 4) is 101 Å². The lowest BCUT2D eigenvalue weighted by atomic mass is 9.90. The molecule has 0 saturated carbocycles. The molecule has 0 aliphatic rings. The largest absolute Gasteiger partial charge is 0.208 e. The monoisotopic (exact) mass is 765 g/mol. The molecule has 10 rings (SSSR count). The molecule has 0 spiro atoms. The van der Waals surface area contributed by atoms with E-state index in [0.29, 0.717) is 17.5 Å². The van der Waals surface area contributed by atoms with Crippen LogP contribution in [0.1, 0.15) is 0 Å². The van der Waals surface area contributed by atoms with Crippen LogP contribution in [0.3, 0.4) is 0 Å². The van der Waals surface area contributed by atoms with Gasteiger partial charge < -0.3 is 0 Å². The number of hydrogen-bond donors (Lipinski definition) is 0. The standard InChI is InChI=1S/C57H39N3/c1-6-18-40(19-7-1)45-28-16-29-46(32-45)51-34-49(41-20-8-2-9-21-41)35-52(37-51)47-30-17-31-48(33-47)53-36-50(42-22-10-3-11-23-42)38-54(39-53)57-59-55(43-24-12-4-13-25-43)58-56(60-57)44-26-14-5-15-27-44/h1-39H. The summed E-state index contributed by atoms with van der Waals surface area (Å²) >= 11 is 0. The SMILES string of the molecule is c1ccc(-c2cccc(-c3cc(-c4ccccc4)cc(-c4cccc(-c5cc(-c6ccccc6)cc(-c6nc(-c7ccccc7)nc(-c7ccccc7)n6)c5)c4)c3)c2)cc1. The Hall–Kier alpha value is -8.01. The summed E-state index contributed by atoms with van der Waals surface area (Å²) in [4.78, 5) is 15.2. The summed E-state index contributed by atoms with van der Waals surface area (Å²) in [5, 5.41) is 0. The molecule has 10 aromatic rings. The summed E-state index contributed by atoms with van der Waals surface area (Å²) in [5.74, 6) is 1.89. The third kappa shape index (κ3) is 7.80. The molecule has 0 aliphatic carbocycles. The van der Waals surface area contributed by atoms with Gasteiger partial charge in [0.15, 0.2) is 17.5 Å². The number of aromatic nitrogens is 3. The van der Waals surface area contributed by atoms with Crippen molar-refractivity contribution >= 4 is 0 Å². The Balaban J connectivity index is 1.12. The van der Waals surface area contributed by atoms with Crippen LogP contribution in [0.25, 0.3) is 101 Å². The molecule has 1 aromatic heterocycles. The van der Waals surface area contributed by atoms with E-state index in [1.807, 2.05) is 60.7 Å². The van der Waals surface area contributed by atoms with E-state index in [1.54, 1.807) is 0 Å². The zero-order valence-corrected chi connectivity index (χ0v) is 32.9. The Morgan fingerprint density at radius 1 is 0.150 bits per heavy atom. The maximum absolute atomic E-state index is 5.11. The van der Waals surface area contributed by atoms with Crippen molar-refractivity contribution in [2.75, 3.05) is 0 Å². The lowest BCUT2D eigenvalue weighted by molar-refractivity contribution is 1.07. The lowest BCUT2D eigenvalue weighted by Gasteiger charge is -2.14. The minimum Gasteiger partial charge on any atom is -0.208 e. The molecule has 0 N–H and O–H groups in total. The van der Waals surface area contributed by atoms with Crippen LogP contribution in [0.5, 0.6) is 0 Å². The van der Waals surface area contributed by atoms with Crippen LogP contribution in [-0.2, 0) is 0 Å². The van der Waals surface area contributed by atoms with Crippen molar-refractivity contribution in [3.63, 3.8) is 0 Å². The summed E-state index contributed by atoms with van der Waals surface area (Å²) in [6, 6.07) is 83.4. The summed E-state index contributed by atoms with van der Waals surface area (Å²) in [6.45, 7) is 0. The van der Waals surface area contributed by atoms with Crippen molar-refractivity contribution in [2.45, 2.75) is 0 Å². The summed E-state index contributed by atoms with van der Waals surface area (Å²) in [5.41, 5.74) is 16.6. The van der Waals surface area contributed by atoms with Crippen molar-refractivity contribution in [3.05, 3.63) is 237 Å². The van der Waals surface area contributed by atoms with Crippen molar-refractivity contribution < 1.29 is 0 Å². The predicted molar refractivity (Wildman–Crippen MR) is 249 cm³/mol. The molecular weight excluding hydrogens is 727 g/mol. The van der Waals surface area contributed by atoms with Gasteiger partial charge in [-0.25, -0.2) is 15.0 Å². The van der Waals surface area contributed by atoms with E-state index in [4.69, 9.17) is 15.0 Å². The predicted octanol–water partition coefficient (Wildman–Crippen LogP) is 14.9. The third-order valence-corrected chi connectivity index (χ3v) is 10.9. The Morgan fingerprint density at radius 3 is 0.683 bits per heavy atom. The van der Waals surface area contributed by atoms with Crippen LogP contribution < -0.4 is 0 Å². The molecule has 0 amide bonds. The molecule has 9 aromatic carbocycles. The van der Waals surface area contributed by atoms with E-state index in [-0.39, 0.29) is 0 Å². The molecule has 3 heteroatoms. The highest BCUT2D eigenvalue weighted by atomic mass is 15.0. The molecule has 0 radical (unpaired) electrons. The van der Waals surface area contributed by atoms with Gasteiger partial charge in [0.1, 0.15) is 0 Å². The molecule has 0 fully saturated rings. The normalized spacial score (nSPS) is 11.0. The first kappa shape index (κ1) is 36.3. The van der Waals surface area contributed by atoms with Gasteiger partial charge in [-0.05, 0) is 115 Å². The van der Waals surface area contributed by atoms with Crippen molar-refractivity contribution in [1.29, 1.82) is 0 Å². The number of rotatable bonds is 9. The molecule has 0 atom stereocenters. The Bertz CT molecular complexity index is 3000. The summed E-state index contributed by atoms with van der Waals surface area (Å²) in [6.07, 6.45) is 0. The number of nitrogens with zero attached hydrogens (tertiary/aromatic N) is 3. The smallest absolute Gasteiger partial charge is 0.164 e. The van der Waals surface area contributed by atoms with Crippen LogP contribution in [0.4, 0.5) is 0 Å². The van der Waals surface area contributed by atoms with Gasteiger partial charge in [0, 0.05) is 16.7 Å². The van der Waals surface area contributed by atoms with E-state index in [2.05, 4.69) is 176 Å². The Kier molecular flexibility index (Phi) is 9.97. The van der Waals surface area contributed by atoms with Crippen molar-refractivity contribution in [1.82, 2.24) is 15.0 Å². The second-order valence-electron chi connectivity index (χ2n) is 14.9. The highest BCUT2D eigenvalue weighted by Gasteiger charge is 2.16. The summed E-state index contributed by atoms with van der Waals surface area (Å²) in [7, 11) is 0. The van der Waals surface area contributed by atoms with E-state index in [1.165, 1.54) is 33.4 Å². The fourth-order valence-electron chi connectivity index (χ4n) is 7.80. The van der Waals surface area contributed by atoms with Crippen LogP contribution in [-0.4, -0.2) is 15.0 Å². The van der Waals surface area contributed by atoms with Crippen LogP contribution in [0.2, 0.25) is 0 Å². The second-order valence-corrected chi connectivity index (χ2v) is 14.9. The average Bonchev–Trinajstić information content (AvgIpc) is 3.35. The first-order valence-electron chi connectivity index (χ1n) is 20.3. The quantitative estimate of drug-likeness (QED) is 0.147. The zero-order valence-electron chi connectivity index (χ0n) is 32.9. The van der Waals surface area contributed by atoms with Gasteiger partial charge in [0.05, 0.1) is 0 Å². The number of benzene rings is 9.